The summed E-state index contributed by atoms with van der Waals surface area (Å²) >= 11 is 2.21. The van der Waals surface area contributed by atoms with E-state index in [2.05, 4.69) is 15.5 Å². The van der Waals surface area contributed by atoms with Gasteiger partial charge in [0.05, 0.1) is 31.8 Å². The first-order chi connectivity index (χ1) is 17.0. The minimum Gasteiger partial charge on any atom is -0.484 e. The molecule has 15 nitrogen and oxygen atoms in total. The molecule has 2 aliphatic heterocycles. The summed E-state index contributed by atoms with van der Waals surface area (Å²) in [6.45, 7) is -0.886. The van der Waals surface area contributed by atoms with Crippen LogP contribution in [0.2, 0.25) is 0 Å². The first-order valence-corrected chi connectivity index (χ1v) is 12.9. The van der Waals surface area contributed by atoms with Gasteiger partial charge in [-0.05, 0) is 7.05 Å². The summed E-state index contributed by atoms with van der Waals surface area (Å²) in [5, 5.41) is 82.6. The topological polar surface area (TPSA) is 278 Å². The molecule has 10 unspecified atom stereocenters. The fourth-order valence-electron chi connectivity index (χ4n) is 2.86. The van der Waals surface area contributed by atoms with Gasteiger partial charge in [-0.1, -0.05) is 0 Å². The molecule has 2 fully saturated rings. The van der Waals surface area contributed by atoms with E-state index in [0.29, 0.717) is 11.6 Å². The van der Waals surface area contributed by atoms with Gasteiger partial charge in [0.1, 0.15) is 65.5 Å². The van der Waals surface area contributed by atoms with E-state index in [-0.39, 0.29) is 11.7 Å². The van der Waals surface area contributed by atoms with Gasteiger partial charge < -0.3 is 66.5 Å². The van der Waals surface area contributed by atoms with E-state index in [1.54, 1.807) is 7.05 Å². The third-order valence-electron chi connectivity index (χ3n) is 5.00. The maximum atomic E-state index is 9.69. The molecular formula is C19H40N4O11S2. The lowest BCUT2D eigenvalue weighted by Gasteiger charge is -2.39. The fraction of sp³-hybridized carbons (Fsp3) is 0.895. The second-order valence-electron chi connectivity index (χ2n) is 7.36. The van der Waals surface area contributed by atoms with E-state index >= 15 is 0 Å². The second-order valence-corrected chi connectivity index (χ2v) is 9.53. The predicted octanol–water partition coefficient (Wildman–Crippen LogP) is -4.78. The van der Waals surface area contributed by atoms with Crippen molar-refractivity contribution < 1.29 is 55.1 Å². The van der Waals surface area contributed by atoms with E-state index < -0.39 is 72.9 Å². The lowest BCUT2D eigenvalue weighted by Crippen LogP contribution is -2.57. The Kier molecular flexibility index (Phi) is 18.0. The van der Waals surface area contributed by atoms with Crippen LogP contribution in [0.25, 0.3) is 0 Å². The number of ether oxygens (including phenoxy) is 3. The van der Waals surface area contributed by atoms with Crippen molar-refractivity contribution in [1.29, 1.82) is 5.41 Å². The number of aliphatic hydroxyl groups excluding tert-OH is 8. The quantitative estimate of drug-likeness (QED) is 0.0974. The number of nitrogens with zero attached hydrogens (tertiary/aromatic N) is 1. The summed E-state index contributed by atoms with van der Waals surface area (Å²) in [5.41, 5.74) is 8.42. The van der Waals surface area contributed by atoms with Crippen LogP contribution in [0.15, 0.2) is 4.99 Å². The van der Waals surface area contributed by atoms with Crippen LogP contribution in [0.1, 0.15) is 0 Å². The molecule has 2 saturated heterocycles. The Morgan fingerprint density at radius 3 is 1.53 bits per heavy atom. The number of hydrogen-bond donors (Lipinski definition) is 11. The van der Waals surface area contributed by atoms with Crippen molar-refractivity contribution in [1.82, 2.24) is 0 Å². The van der Waals surface area contributed by atoms with E-state index in [1.807, 2.05) is 0 Å². The molecule has 0 aromatic rings. The Labute approximate surface area is 218 Å². The summed E-state index contributed by atoms with van der Waals surface area (Å²) < 4.78 is 15.1. The number of nitrogens with two attached hydrogens (primary N) is 2. The van der Waals surface area contributed by atoms with Crippen molar-refractivity contribution >= 4 is 35.3 Å². The summed E-state index contributed by atoms with van der Waals surface area (Å²) in [6, 6.07) is 0. The van der Waals surface area contributed by atoms with E-state index in [0.717, 1.165) is 23.5 Å². The SMILES string of the molecule is CN.CN=C(N)CSC1OC(CO)C(O)C(O)C1O.COC(=N)CSC1OC(CO)C(O)C(O)C1O. The molecule has 0 amide bonds. The normalized spacial score (nSPS) is 36.6. The highest BCUT2D eigenvalue weighted by molar-refractivity contribution is 8.00. The van der Waals surface area contributed by atoms with Crippen molar-refractivity contribution in [2.75, 3.05) is 45.9 Å². The Bertz CT molecular complexity index is 651. The molecule has 0 aliphatic carbocycles. The van der Waals surface area contributed by atoms with Crippen LogP contribution < -0.4 is 11.5 Å². The van der Waals surface area contributed by atoms with Gasteiger partial charge in [-0.15, -0.1) is 23.5 Å². The molecular weight excluding hydrogens is 524 g/mol. The number of thioether (sulfide) groups is 2. The number of nitrogens with one attached hydrogen (secondary N) is 1. The summed E-state index contributed by atoms with van der Waals surface area (Å²) in [4.78, 5) is 3.75. The molecule has 0 bridgehead atoms. The highest BCUT2D eigenvalue weighted by atomic mass is 32.2. The molecule has 214 valence electrons. The van der Waals surface area contributed by atoms with Crippen molar-refractivity contribution in [3.05, 3.63) is 0 Å². The van der Waals surface area contributed by atoms with Crippen molar-refractivity contribution in [3.63, 3.8) is 0 Å². The third kappa shape index (κ3) is 10.5. The van der Waals surface area contributed by atoms with Crippen molar-refractivity contribution in [3.8, 4) is 0 Å². The monoisotopic (exact) mass is 564 g/mol. The van der Waals surface area contributed by atoms with Gasteiger partial charge in [0.15, 0.2) is 5.90 Å². The molecule has 0 aromatic heterocycles. The number of aliphatic imine (C=N–C) groups is 1. The number of amidine groups is 1. The average Bonchev–Trinajstić information content (AvgIpc) is 2.90. The lowest BCUT2D eigenvalue weighted by molar-refractivity contribution is -0.205. The first kappa shape index (κ1) is 35.2. The number of methoxy groups -OCH3 is 1. The molecule has 2 heterocycles. The van der Waals surface area contributed by atoms with Gasteiger partial charge in [-0.2, -0.15) is 0 Å². The third-order valence-corrected chi connectivity index (χ3v) is 7.33. The number of hydrogen-bond acceptors (Lipinski definition) is 16. The average molecular weight is 565 g/mol. The minimum absolute atomic E-state index is 0.00644. The Hall–Kier alpha value is -0.800. The van der Waals surface area contributed by atoms with Gasteiger partial charge >= 0.3 is 0 Å². The number of rotatable bonds is 8. The predicted molar refractivity (Wildman–Crippen MR) is 135 cm³/mol. The first-order valence-electron chi connectivity index (χ1n) is 10.8. The van der Waals surface area contributed by atoms with Crippen molar-refractivity contribution in [2.24, 2.45) is 16.5 Å². The van der Waals surface area contributed by atoms with Crippen LogP contribution in [-0.2, 0) is 14.2 Å². The van der Waals surface area contributed by atoms with E-state index in [9.17, 15) is 30.6 Å². The summed E-state index contributed by atoms with van der Waals surface area (Å²) in [7, 11) is 4.40. The van der Waals surface area contributed by atoms with Gasteiger partial charge in [-0.3, -0.25) is 10.4 Å². The lowest BCUT2D eigenvalue weighted by atomic mass is 10.0. The molecule has 2 aliphatic rings. The second kappa shape index (κ2) is 18.5. The van der Waals surface area contributed by atoms with E-state index in [1.165, 1.54) is 14.2 Å². The number of aliphatic hydroxyl groups is 8. The maximum absolute atomic E-state index is 9.69. The minimum atomic E-state index is -1.38. The zero-order chi connectivity index (χ0) is 28.0. The van der Waals surface area contributed by atoms with Crippen LogP contribution in [0.3, 0.4) is 0 Å². The van der Waals surface area contributed by atoms with Gasteiger partial charge in [0.25, 0.3) is 0 Å². The molecule has 36 heavy (non-hydrogen) atoms. The zero-order valence-electron chi connectivity index (χ0n) is 20.3. The smallest absolute Gasteiger partial charge is 0.190 e. The van der Waals surface area contributed by atoms with Gasteiger partial charge in [0.2, 0.25) is 0 Å². The zero-order valence-corrected chi connectivity index (χ0v) is 22.0. The highest BCUT2D eigenvalue weighted by Crippen LogP contribution is 2.29. The Morgan fingerprint density at radius 1 is 0.806 bits per heavy atom. The summed E-state index contributed by atoms with van der Waals surface area (Å²) in [6.07, 6.45) is -9.72. The van der Waals surface area contributed by atoms with Crippen LogP contribution in [0, 0.1) is 5.41 Å². The highest BCUT2D eigenvalue weighted by Gasteiger charge is 2.44. The molecule has 13 N–H and O–H groups in total. The maximum Gasteiger partial charge on any atom is 0.190 e. The molecule has 0 spiro atoms. The van der Waals surface area contributed by atoms with Crippen LogP contribution in [-0.4, -0.2) is 158 Å². The molecule has 0 aromatic carbocycles. The van der Waals surface area contributed by atoms with Crippen LogP contribution in [0.4, 0.5) is 0 Å². The largest absolute Gasteiger partial charge is 0.484 e. The van der Waals surface area contributed by atoms with Gasteiger partial charge in [-0.25, -0.2) is 0 Å². The van der Waals surface area contributed by atoms with Crippen LogP contribution in [0.5, 0.6) is 0 Å². The van der Waals surface area contributed by atoms with Crippen molar-refractivity contribution in [2.45, 2.75) is 59.7 Å². The molecule has 0 radical (unpaired) electrons. The molecule has 10 atom stereocenters. The Morgan fingerprint density at radius 2 is 1.19 bits per heavy atom. The van der Waals surface area contributed by atoms with E-state index in [4.69, 9.17) is 30.8 Å². The van der Waals surface area contributed by atoms with Crippen LogP contribution >= 0.6 is 23.5 Å². The fourth-order valence-corrected chi connectivity index (χ4v) is 4.92. The molecule has 2 rings (SSSR count). The molecule has 0 saturated carbocycles. The summed E-state index contributed by atoms with van der Waals surface area (Å²) in [5.74, 6) is 0.886. The Balaban J connectivity index is 0.000000637. The molecule has 17 heteroatoms. The van der Waals surface area contributed by atoms with Gasteiger partial charge in [0, 0.05) is 7.05 Å². The standard InChI is InChI=1S/C9H18N2O5S.C9H17NO6S.CH5N/c1-11-5(10)3-17-9-8(15)7(14)6(13)4(2-12)16-9;1-15-5(10)3-17-9-8(14)7(13)6(12)4(2-11)16-9;1-2/h4,6-9,12-15H,2-3H2,1H3,(H2,10,11);4,6-14H,2-3H2,1H3;2H2,1H3.